The molecule has 0 saturated heterocycles. The summed E-state index contributed by atoms with van der Waals surface area (Å²) in [7, 11) is 1.34. The van der Waals surface area contributed by atoms with Crippen LogP contribution in [-0.4, -0.2) is 30.3 Å². The Kier molecular flexibility index (Phi) is 4.74. The fraction of sp³-hybridized carbons (Fsp3) is 0.688. The van der Waals surface area contributed by atoms with Gasteiger partial charge in [-0.3, -0.25) is 0 Å². The van der Waals surface area contributed by atoms with Crippen molar-refractivity contribution >= 4 is 5.97 Å². The second-order valence-corrected chi connectivity index (χ2v) is 6.79. The van der Waals surface area contributed by atoms with E-state index in [9.17, 15) is 9.90 Å². The van der Waals surface area contributed by atoms with E-state index in [0.717, 1.165) is 25.7 Å². The number of aliphatic hydroxyl groups is 1. The van der Waals surface area contributed by atoms with E-state index in [1.165, 1.54) is 13.4 Å². The molecule has 118 valence electrons. The van der Waals surface area contributed by atoms with Crippen LogP contribution in [0.5, 0.6) is 0 Å². The Morgan fingerprint density at radius 1 is 1.38 bits per heavy atom. The Bertz CT molecular complexity index is 482. The zero-order chi connectivity index (χ0) is 15.5. The molecule has 5 heteroatoms. The molecule has 5 nitrogen and oxygen atoms in total. The first kappa shape index (κ1) is 16.0. The Hall–Kier alpha value is -1.33. The molecule has 2 N–H and O–H groups in total. The van der Waals surface area contributed by atoms with Gasteiger partial charge in [-0.2, -0.15) is 0 Å². The molecule has 0 aliphatic heterocycles. The van der Waals surface area contributed by atoms with Crippen LogP contribution >= 0.6 is 0 Å². The van der Waals surface area contributed by atoms with Gasteiger partial charge in [0.05, 0.1) is 24.8 Å². The highest BCUT2D eigenvalue weighted by Gasteiger charge is 2.36. The summed E-state index contributed by atoms with van der Waals surface area (Å²) in [5, 5.41) is 13.8. The number of hydrogen-bond donors (Lipinski definition) is 2. The standard InChI is InChI=1S/C16H25NO4/c1-15(2)4-6-16(19,7-5-15)11-17-9-13-8-12(10-21-13)14(18)20-3/h8,10,17,19H,4-7,9,11H2,1-3H3. The highest BCUT2D eigenvalue weighted by atomic mass is 16.5. The number of esters is 1. The number of rotatable bonds is 5. The van der Waals surface area contributed by atoms with Gasteiger partial charge in [0.25, 0.3) is 0 Å². The van der Waals surface area contributed by atoms with E-state index in [1.54, 1.807) is 6.07 Å². The first-order valence-electron chi connectivity index (χ1n) is 7.42. The number of nitrogens with one attached hydrogen (secondary N) is 1. The lowest BCUT2D eigenvalue weighted by Crippen LogP contribution is -2.44. The van der Waals surface area contributed by atoms with Crippen LogP contribution in [0.25, 0.3) is 0 Å². The van der Waals surface area contributed by atoms with Crippen molar-refractivity contribution in [2.24, 2.45) is 5.41 Å². The predicted octanol–water partition coefficient (Wildman–Crippen LogP) is 2.49. The summed E-state index contributed by atoms with van der Waals surface area (Å²) in [6.45, 7) is 5.52. The van der Waals surface area contributed by atoms with Crippen LogP contribution in [0.1, 0.15) is 55.6 Å². The highest BCUT2D eigenvalue weighted by Crippen LogP contribution is 2.39. The normalized spacial score (nSPS) is 20.2. The quantitative estimate of drug-likeness (QED) is 0.817. The largest absolute Gasteiger partial charge is 0.467 e. The third kappa shape index (κ3) is 4.32. The van der Waals surface area contributed by atoms with Gasteiger partial charge in [0.2, 0.25) is 0 Å². The van der Waals surface area contributed by atoms with Crippen LogP contribution in [0.15, 0.2) is 16.7 Å². The second kappa shape index (κ2) is 6.20. The molecule has 0 bridgehead atoms. The van der Waals surface area contributed by atoms with Crippen molar-refractivity contribution in [3.63, 3.8) is 0 Å². The number of furan rings is 1. The maximum absolute atomic E-state index is 11.3. The zero-order valence-electron chi connectivity index (χ0n) is 13.1. The molecule has 0 radical (unpaired) electrons. The minimum atomic E-state index is -0.632. The van der Waals surface area contributed by atoms with Gasteiger partial charge in [0.15, 0.2) is 0 Å². The topological polar surface area (TPSA) is 71.7 Å². The number of carbonyl (C=O) groups is 1. The minimum absolute atomic E-state index is 0.336. The zero-order valence-corrected chi connectivity index (χ0v) is 13.1. The molecule has 0 unspecified atom stereocenters. The van der Waals surface area contributed by atoms with Crippen LogP contribution in [-0.2, 0) is 11.3 Å². The molecule has 2 rings (SSSR count). The molecule has 0 atom stereocenters. The van der Waals surface area contributed by atoms with Gasteiger partial charge >= 0.3 is 5.97 Å². The van der Waals surface area contributed by atoms with Crippen LogP contribution in [0, 0.1) is 5.41 Å². The maximum atomic E-state index is 11.3. The average molecular weight is 295 g/mol. The molecule has 21 heavy (non-hydrogen) atoms. The Morgan fingerprint density at radius 3 is 2.67 bits per heavy atom. The van der Waals surface area contributed by atoms with Gasteiger partial charge in [0, 0.05) is 6.54 Å². The minimum Gasteiger partial charge on any atom is -0.467 e. The Morgan fingerprint density at radius 2 is 2.05 bits per heavy atom. The van der Waals surface area contributed by atoms with Crippen LogP contribution in [0.2, 0.25) is 0 Å². The van der Waals surface area contributed by atoms with Crippen molar-refractivity contribution in [1.82, 2.24) is 5.32 Å². The van der Waals surface area contributed by atoms with E-state index in [2.05, 4.69) is 23.9 Å². The molecule has 0 aromatic carbocycles. The number of carbonyl (C=O) groups excluding carboxylic acids is 1. The van der Waals surface area contributed by atoms with Gasteiger partial charge in [-0.1, -0.05) is 13.8 Å². The van der Waals surface area contributed by atoms with E-state index >= 15 is 0 Å². The predicted molar refractivity (Wildman–Crippen MR) is 79.0 cm³/mol. The molecular weight excluding hydrogens is 270 g/mol. The fourth-order valence-corrected chi connectivity index (χ4v) is 2.69. The van der Waals surface area contributed by atoms with Gasteiger partial charge in [-0.25, -0.2) is 4.79 Å². The molecule has 1 aliphatic carbocycles. The van der Waals surface area contributed by atoms with Crippen molar-refractivity contribution in [3.8, 4) is 0 Å². The van der Waals surface area contributed by atoms with Gasteiger partial charge in [-0.15, -0.1) is 0 Å². The van der Waals surface area contributed by atoms with Gasteiger partial charge < -0.3 is 19.6 Å². The van der Waals surface area contributed by atoms with Crippen molar-refractivity contribution in [2.45, 2.75) is 51.7 Å². The first-order valence-corrected chi connectivity index (χ1v) is 7.42. The molecule has 1 saturated carbocycles. The lowest BCUT2D eigenvalue weighted by atomic mass is 9.71. The summed E-state index contributed by atoms with van der Waals surface area (Å²) in [5.41, 5.74) is 0.114. The molecule has 1 aromatic rings. The summed E-state index contributed by atoms with van der Waals surface area (Å²) in [6.07, 6.45) is 5.11. The smallest absolute Gasteiger partial charge is 0.341 e. The van der Waals surface area contributed by atoms with Crippen molar-refractivity contribution in [1.29, 1.82) is 0 Å². The summed E-state index contributed by atoms with van der Waals surface area (Å²) in [4.78, 5) is 11.3. The lowest BCUT2D eigenvalue weighted by Gasteiger charge is -2.40. The average Bonchev–Trinajstić information content (AvgIpc) is 2.91. The maximum Gasteiger partial charge on any atom is 0.341 e. The third-order valence-electron chi connectivity index (χ3n) is 4.36. The molecule has 1 fully saturated rings. The number of methoxy groups -OCH3 is 1. The monoisotopic (exact) mass is 295 g/mol. The van der Waals surface area contributed by atoms with Crippen molar-refractivity contribution in [3.05, 3.63) is 23.7 Å². The van der Waals surface area contributed by atoms with Crippen molar-refractivity contribution in [2.75, 3.05) is 13.7 Å². The van der Waals surface area contributed by atoms with E-state index in [1.807, 2.05) is 0 Å². The van der Waals surface area contributed by atoms with E-state index in [0.29, 0.717) is 29.8 Å². The second-order valence-electron chi connectivity index (χ2n) is 6.79. The van der Waals surface area contributed by atoms with Crippen LogP contribution in [0.3, 0.4) is 0 Å². The lowest BCUT2D eigenvalue weighted by molar-refractivity contribution is -0.0247. The summed E-state index contributed by atoms with van der Waals surface area (Å²) < 4.78 is 9.92. The van der Waals surface area contributed by atoms with Gasteiger partial charge in [0.1, 0.15) is 12.0 Å². The van der Waals surface area contributed by atoms with Gasteiger partial charge in [-0.05, 0) is 37.2 Å². The van der Waals surface area contributed by atoms with E-state index in [-0.39, 0.29) is 0 Å². The Balaban J connectivity index is 1.79. The van der Waals surface area contributed by atoms with Crippen LogP contribution < -0.4 is 5.32 Å². The van der Waals surface area contributed by atoms with E-state index < -0.39 is 11.6 Å². The fourth-order valence-electron chi connectivity index (χ4n) is 2.69. The van der Waals surface area contributed by atoms with Crippen LogP contribution in [0.4, 0.5) is 0 Å². The molecule has 0 spiro atoms. The SMILES string of the molecule is COC(=O)c1coc(CNCC2(O)CCC(C)(C)CC2)c1. The number of ether oxygens (including phenoxy) is 1. The summed E-state index contributed by atoms with van der Waals surface area (Å²) in [5.74, 6) is 0.258. The molecular formula is C16H25NO4. The summed E-state index contributed by atoms with van der Waals surface area (Å²) in [6, 6.07) is 1.66. The van der Waals surface area contributed by atoms with Crippen molar-refractivity contribution < 1.29 is 19.1 Å². The molecule has 1 heterocycles. The Labute approximate surface area is 125 Å². The van der Waals surface area contributed by atoms with E-state index in [4.69, 9.17) is 4.42 Å². The molecule has 1 aromatic heterocycles. The molecule has 0 amide bonds. The number of hydrogen-bond acceptors (Lipinski definition) is 5. The first-order chi connectivity index (χ1) is 9.84. The highest BCUT2D eigenvalue weighted by molar-refractivity contribution is 5.88. The molecule has 1 aliphatic rings. The summed E-state index contributed by atoms with van der Waals surface area (Å²) >= 11 is 0. The third-order valence-corrected chi connectivity index (χ3v) is 4.36.